The molecular formula is C21H31N7O. The molecule has 0 spiro atoms. The van der Waals surface area contributed by atoms with E-state index >= 15 is 0 Å². The molecule has 29 heavy (non-hydrogen) atoms. The maximum Gasteiger partial charge on any atom is 0.273 e. The molecule has 2 aromatic rings. The fraction of sp³-hybridized carbons (Fsp3) is 0.619. The number of likely N-dealkylation sites (tertiary alicyclic amines) is 1. The number of hydrogen-bond acceptors (Lipinski definition) is 6. The van der Waals surface area contributed by atoms with Crippen molar-refractivity contribution in [3.05, 3.63) is 34.4 Å². The predicted octanol–water partition coefficient (Wildman–Crippen LogP) is 2.23. The molecule has 0 radical (unpaired) electrons. The van der Waals surface area contributed by atoms with Crippen LogP contribution in [0.1, 0.15) is 59.2 Å². The lowest BCUT2D eigenvalue weighted by Crippen LogP contribution is -2.36. The minimum atomic E-state index is 0.0476. The van der Waals surface area contributed by atoms with Crippen molar-refractivity contribution < 1.29 is 4.79 Å². The molecule has 0 saturated carbocycles. The van der Waals surface area contributed by atoms with Gasteiger partial charge in [-0.25, -0.2) is 9.97 Å². The summed E-state index contributed by atoms with van der Waals surface area (Å²) in [6, 6.07) is 0. The molecule has 2 aliphatic heterocycles. The number of amides is 1. The number of aromatic nitrogens is 4. The quantitative estimate of drug-likeness (QED) is 0.805. The van der Waals surface area contributed by atoms with Crippen LogP contribution in [0.3, 0.4) is 0 Å². The molecule has 156 valence electrons. The van der Waals surface area contributed by atoms with Gasteiger partial charge in [0, 0.05) is 69.6 Å². The molecular weight excluding hydrogens is 366 g/mol. The van der Waals surface area contributed by atoms with Gasteiger partial charge in [0.25, 0.3) is 5.91 Å². The first-order chi connectivity index (χ1) is 14.1. The van der Waals surface area contributed by atoms with E-state index in [1.807, 2.05) is 11.1 Å². The van der Waals surface area contributed by atoms with Crippen LogP contribution in [0.2, 0.25) is 0 Å². The molecule has 4 heterocycles. The third kappa shape index (κ3) is 3.99. The molecule has 0 unspecified atom stereocenters. The number of nitrogens with one attached hydrogen (secondary N) is 1. The Morgan fingerprint density at radius 1 is 1.21 bits per heavy atom. The Kier molecular flexibility index (Phi) is 5.80. The number of nitrogens with zero attached hydrogens (tertiary/aromatic N) is 6. The molecule has 8 heteroatoms. The Hall–Kier alpha value is -2.48. The Morgan fingerprint density at radius 3 is 2.72 bits per heavy atom. The third-order valence-corrected chi connectivity index (χ3v) is 5.99. The van der Waals surface area contributed by atoms with Crippen LogP contribution in [0, 0.1) is 6.92 Å². The molecule has 1 fully saturated rings. The second kappa shape index (κ2) is 8.49. The van der Waals surface area contributed by atoms with Crippen molar-refractivity contribution in [1.82, 2.24) is 29.5 Å². The number of aryl methyl sites for hydroxylation is 1. The highest BCUT2D eigenvalue weighted by Gasteiger charge is 2.29. The van der Waals surface area contributed by atoms with Gasteiger partial charge >= 0.3 is 0 Å². The zero-order valence-electron chi connectivity index (χ0n) is 17.7. The van der Waals surface area contributed by atoms with Crippen molar-refractivity contribution in [3.63, 3.8) is 0 Å². The van der Waals surface area contributed by atoms with E-state index in [1.165, 1.54) is 11.3 Å². The molecule has 8 nitrogen and oxygen atoms in total. The first kappa shape index (κ1) is 19.8. The van der Waals surface area contributed by atoms with Crippen molar-refractivity contribution in [3.8, 4) is 0 Å². The van der Waals surface area contributed by atoms with Crippen LogP contribution in [0.4, 0.5) is 5.95 Å². The van der Waals surface area contributed by atoms with Crippen LogP contribution >= 0.6 is 0 Å². The summed E-state index contributed by atoms with van der Waals surface area (Å²) in [7, 11) is 1.80. The Labute approximate surface area is 172 Å². The molecule has 2 aromatic heterocycles. The van der Waals surface area contributed by atoms with Crippen LogP contribution in [-0.2, 0) is 26.1 Å². The summed E-state index contributed by atoms with van der Waals surface area (Å²) in [4.78, 5) is 26.7. The molecule has 1 N–H and O–H groups in total. The van der Waals surface area contributed by atoms with Crippen LogP contribution < -0.4 is 5.32 Å². The van der Waals surface area contributed by atoms with Gasteiger partial charge in [-0.15, -0.1) is 0 Å². The van der Waals surface area contributed by atoms with E-state index in [-0.39, 0.29) is 5.91 Å². The summed E-state index contributed by atoms with van der Waals surface area (Å²) in [6.07, 6.45) is 6.04. The highest BCUT2D eigenvalue weighted by atomic mass is 16.2. The van der Waals surface area contributed by atoms with E-state index in [4.69, 9.17) is 0 Å². The number of carbonyl (C=O) groups is 1. The van der Waals surface area contributed by atoms with E-state index in [0.717, 1.165) is 69.7 Å². The molecule has 2 aliphatic rings. The van der Waals surface area contributed by atoms with Crippen LogP contribution in [0.5, 0.6) is 0 Å². The van der Waals surface area contributed by atoms with Crippen LogP contribution in [0.25, 0.3) is 0 Å². The van der Waals surface area contributed by atoms with Gasteiger partial charge in [-0.1, -0.05) is 6.92 Å². The minimum Gasteiger partial charge on any atom is -0.357 e. The highest BCUT2D eigenvalue weighted by Crippen LogP contribution is 2.25. The molecule has 1 amide bonds. The molecule has 0 bridgehead atoms. The van der Waals surface area contributed by atoms with Gasteiger partial charge in [0.2, 0.25) is 5.95 Å². The Bertz CT molecular complexity index is 885. The van der Waals surface area contributed by atoms with E-state index in [2.05, 4.69) is 43.8 Å². The van der Waals surface area contributed by atoms with Crippen LogP contribution in [-0.4, -0.2) is 62.1 Å². The topological polar surface area (TPSA) is 79.2 Å². The van der Waals surface area contributed by atoms with Gasteiger partial charge in [-0.05, 0) is 26.2 Å². The maximum absolute atomic E-state index is 13.2. The zero-order chi connectivity index (χ0) is 20.4. The third-order valence-electron chi connectivity index (χ3n) is 5.99. The number of rotatable bonds is 6. The molecule has 0 aromatic carbocycles. The maximum atomic E-state index is 13.2. The van der Waals surface area contributed by atoms with E-state index < -0.39 is 0 Å². The SMILES string of the molecule is CCCn1ncc(CN2CCc3nc(NC)nc(C(=O)N4CCCC4)c3C2)c1C. The summed E-state index contributed by atoms with van der Waals surface area (Å²) in [5.41, 5.74) is 5.05. The van der Waals surface area contributed by atoms with Gasteiger partial charge in [-0.3, -0.25) is 14.4 Å². The Morgan fingerprint density at radius 2 is 2.00 bits per heavy atom. The number of fused-ring (bicyclic) bond motifs is 1. The van der Waals surface area contributed by atoms with Crippen molar-refractivity contribution in [2.24, 2.45) is 0 Å². The monoisotopic (exact) mass is 397 g/mol. The average molecular weight is 398 g/mol. The smallest absolute Gasteiger partial charge is 0.273 e. The minimum absolute atomic E-state index is 0.0476. The second-order valence-electron chi connectivity index (χ2n) is 8.01. The summed E-state index contributed by atoms with van der Waals surface area (Å²) in [6.45, 7) is 9.36. The lowest BCUT2D eigenvalue weighted by atomic mass is 10.0. The lowest BCUT2D eigenvalue weighted by molar-refractivity contribution is 0.0783. The second-order valence-corrected chi connectivity index (χ2v) is 8.01. The number of carbonyl (C=O) groups excluding carboxylic acids is 1. The first-order valence-corrected chi connectivity index (χ1v) is 10.7. The highest BCUT2D eigenvalue weighted by molar-refractivity contribution is 5.94. The lowest BCUT2D eigenvalue weighted by Gasteiger charge is -2.30. The fourth-order valence-electron chi connectivity index (χ4n) is 4.28. The Balaban J connectivity index is 1.58. The fourth-order valence-corrected chi connectivity index (χ4v) is 4.28. The van der Waals surface area contributed by atoms with Crippen molar-refractivity contribution in [2.75, 3.05) is 32.0 Å². The van der Waals surface area contributed by atoms with Gasteiger partial charge < -0.3 is 10.2 Å². The standard InChI is InChI=1S/C21H31N7O/c1-4-8-28-15(2)16(12-23-28)13-26-11-7-18-17(14-26)19(25-21(22-3)24-18)20(29)27-9-5-6-10-27/h12H,4-11,13-14H2,1-3H3,(H,22,24,25). The summed E-state index contributed by atoms with van der Waals surface area (Å²) in [5.74, 6) is 0.586. The van der Waals surface area contributed by atoms with Crippen molar-refractivity contribution >= 4 is 11.9 Å². The van der Waals surface area contributed by atoms with Gasteiger partial charge in [-0.2, -0.15) is 5.10 Å². The predicted molar refractivity (Wildman–Crippen MR) is 112 cm³/mol. The first-order valence-electron chi connectivity index (χ1n) is 10.7. The molecule has 0 atom stereocenters. The van der Waals surface area contributed by atoms with Crippen LogP contribution in [0.15, 0.2) is 6.20 Å². The van der Waals surface area contributed by atoms with Gasteiger partial charge in [0.05, 0.1) is 11.9 Å². The van der Waals surface area contributed by atoms with Crippen molar-refractivity contribution in [1.29, 1.82) is 0 Å². The summed E-state index contributed by atoms with van der Waals surface area (Å²) in [5, 5.41) is 7.55. The summed E-state index contributed by atoms with van der Waals surface area (Å²) >= 11 is 0. The van der Waals surface area contributed by atoms with Gasteiger partial charge in [0.15, 0.2) is 0 Å². The van der Waals surface area contributed by atoms with Gasteiger partial charge in [0.1, 0.15) is 5.69 Å². The number of anilines is 1. The largest absolute Gasteiger partial charge is 0.357 e. The normalized spacial score (nSPS) is 16.9. The van der Waals surface area contributed by atoms with E-state index in [0.29, 0.717) is 18.2 Å². The van der Waals surface area contributed by atoms with E-state index in [1.54, 1.807) is 7.05 Å². The van der Waals surface area contributed by atoms with Crippen molar-refractivity contribution in [2.45, 2.75) is 59.2 Å². The van der Waals surface area contributed by atoms with E-state index in [9.17, 15) is 4.79 Å². The zero-order valence-corrected chi connectivity index (χ0v) is 17.7. The molecule has 4 rings (SSSR count). The molecule has 1 saturated heterocycles. The summed E-state index contributed by atoms with van der Waals surface area (Å²) < 4.78 is 2.08. The number of hydrogen-bond donors (Lipinski definition) is 1. The molecule has 0 aliphatic carbocycles. The average Bonchev–Trinajstić information content (AvgIpc) is 3.39.